The maximum Gasteiger partial charge on any atom is 0.105 e. The molecule has 0 fully saturated rings. The number of hydrogen-bond acceptors (Lipinski definition) is 2. The van der Waals surface area contributed by atoms with Crippen molar-refractivity contribution in [3.8, 4) is 0 Å². The van der Waals surface area contributed by atoms with Gasteiger partial charge in [-0.1, -0.05) is 36.4 Å². The molecule has 3 heteroatoms. The first-order chi connectivity index (χ1) is 9.66. The Balaban J connectivity index is 2.08. The van der Waals surface area contributed by atoms with Gasteiger partial charge in [0.2, 0.25) is 0 Å². The van der Waals surface area contributed by atoms with E-state index in [1.54, 1.807) is 6.20 Å². The van der Waals surface area contributed by atoms with Gasteiger partial charge < -0.3 is 5.11 Å². The maximum atomic E-state index is 10.6. The summed E-state index contributed by atoms with van der Waals surface area (Å²) in [6.07, 6.45) is 1.16. The molecule has 0 aliphatic heterocycles. The maximum absolute atomic E-state index is 10.6. The van der Waals surface area contributed by atoms with Crippen LogP contribution in [-0.4, -0.2) is 10.1 Å². The van der Waals surface area contributed by atoms with Crippen molar-refractivity contribution in [3.05, 3.63) is 75.0 Å². The van der Waals surface area contributed by atoms with Crippen LogP contribution in [0.15, 0.2) is 54.7 Å². The minimum atomic E-state index is -0.617. The fourth-order valence-corrected chi connectivity index (χ4v) is 2.97. The topological polar surface area (TPSA) is 33.1 Å². The van der Waals surface area contributed by atoms with E-state index in [0.29, 0.717) is 0 Å². The molecule has 3 rings (SSSR count). The Morgan fingerprint density at radius 3 is 2.80 bits per heavy atom. The number of aliphatic hydroxyl groups is 1. The quantitative estimate of drug-likeness (QED) is 0.680. The molecule has 0 saturated heterocycles. The molecule has 1 atom stereocenters. The minimum absolute atomic E-state index is 0.617. The first-order valence-electron chi connectivity index (χ1n) is 6.44. The Labute approximate surface area is 131 Å². The first-order valence-corrected chi connectivity index (χ1v) is 7.52. The van der Waals surface area contributed by atoms with Gasteiger partial charge >= 0.3 is 0 Å². The van der Waals surface area contributed by atoms with Gasteiger partial charge in [0.15, 0.2) is 0 Å². The summed E-state index contributed by atoms with van der Waals surface area (Å²) in [6, 6.07) is 15.9. The van der Waals surface area contributed by atoms with E-state index in [1.807, 2.05) is 42.5 Å². The van der Waals surface area contributed by atoms with Crippen molar-refractivity contribution < 1.29 is 5.11 Å². The summed E-state index contributed by atoms with van der Waals surface area (Å²) in [6.45, 7) is 2.06. The van der Waals surface area contributed by atoms with Gasteiger partial charge in [-0.25, -0.2) is 0 Å². The van der Waals surface area contributed by atoms with E-state index in [0.717, 1.165) is 25.6 Å². The number of hydrogen-bond donors (Lipinski definition) is 1. The zero-order valence-corrected chi connectivity index (χ0v) is 13.2. The van der Waals surface area contributed by atoms with Crippen molar-refractivity contribution in [3.63, 3.8) is 0 Å². The lowest BCUT2D eigenvalue weighted by atomic mass is 9.99. The number of nitrogens with zero attached hydrogens (tertiary/aromatic N) is 1. The third-order valence-corrected chi connectivity index (χ3v) is 4.94. The van der Waals surface area contributed by atoms with Gasteiger partial charge in [-0.05, 0) is 58.3 Å². The Kier molecular flexibility index (Phi) is 3.72. The summed E-state index contributed by atoms with van der Waals surface area (Å²) in [4.78, 5) is 4.34. The molecule has 0 amide bonds. The van der Waals surface area contributed by atoms with Gasteiger partial charge in [0.1, 0.15) is 6.10 Å². The van der Waals surface area contributed by atoms with Crippen LogP contribution >= 0.6 is 22.6 Å². The molecular formula is C17H14INO. The average molecular weight is 375 g/mol. The SMILES string of the molecule is Cc1cccc(C(O)c2ccc3cccnc3c2)c1I. The van der Waals surface area contributed by atoms with E-state index in [-0.39, 0.29) is 0 Å². The number of aryl methyl sites for hydroxylation is 1. The fraction of sp³-hybridized carbons (Fsp3) is 0.118. The van der Waals surface area contributed by atoms with Crippen LogP contribution in [0.1, 0.15) is 22.8 Å². The lowest BCUT2D eigenvalue weighted by Crippen LogP contribution is -2.03. The number of fused-ring (bicyclic) bond motifs is 1. The molecule has 2 aromatic carbocycles. The zero-order chi connectivity index (χ0) is 14.1. The largest absolute Gasteiger partial charge is 0.384 e. The van der Waals surface area contributed by atoms with Crippen LogP contribution < -0.4 is 0 Å². The van der Waals surface area contributed by atoms with Crippen LogP contribution in [0.25, 0.3) is 10.9 Å². The molecule has 0 spiro atoms. The Morgan fingerprint density at radius 1 is 1.10 bits per heavy atom. The standard InChI is InChI=1S/C17H14INO/c1-11-4-2-6-14(16(11)18)17(20)13-8-7-12-5-3-9-19-15(12)10-13/h2-10,17,20H,1H3. The highest BCUT2D eigenvalue weighted by atomic mass is 127. The number of benzene rings is 2. The monoisotopic (exact) mass is 375 g/mol. The average Bonchev–Trinajstić information content (AvgIpc) is 2.49. The van der Waals surface area contributed by atoms with E-state index in [4.69, 9.17) is 0 Å². The highest BCUT2D eigenvalue weighted by Crippen LogP contribution is 2.29. The number of aromatic nitrogens is 1. The fourth-order valence-electron chi connectivity index (χ4n) is 2.31. The first kappa shape index (κ1) is 13.5. The number of halogens is 1. The van der Waals surface area contributed by atoms with Crippen molar-refractivity contribution >= 4 is 33.5 Å². The molecule has 0 aliphatic rings. The van der Waals surface area contributed by atoms with E-state index >= 15 is 0 Å². The van der Waals surface area contributed by atoms with Crippen molar-refractivity contribution in [1.82, 2.24) is 4.98 Å². The van der Waals surface area contributed by atoms with Crippen LogP contribution in [0.4, 0.5) is 0 Å². The molecule has 0 saturated carbocycles. The van der Waals surface area contributed by atoms with Gasteiger partial charge in [-0.3, -0.25) is 4.98 Å². The molecule has 100 valence electrons. The number of rotatable bonds is 2. The van der Waals surface area contributed by atoms with E-state index in [2.05, 4.69) is 40.6 Å². The molecule has 3 aromatic rings. The molecule has 1 aromatic heterocycles. The molecule has 1 heterocycles. The van der Waals surface area contributed by atoms with Crippen molar-refractivity contribution in [2.45, 2.75) is 13.0 Å². The number of aliphatic hydroxyl groups excluding tert-OH is 1. The molecular weight excluding hydrogens is 361 g/mol. The van der Waals surface area contributed by atoms with E-state index in [9.17, 15) is 5.11 Å². The minimum Gasteiger partial charge on any atom is -0.384 e. The molecule has 0 radical (unpaired) electrons. The normalized spacial score (nSPS) is 12.6. The van der Waals surface area contributed by atoms with Gasteiger partial charge in [0, 0.05) is 15.2 Å². The molecule has 2 nitrogen and oxygen atoms in total. The highest BCUT2D eigenvalue weighted by molar-refractivity contribution is 14.1. The summed E-state index contributed by atoms with van der Waals surface area (Å²) in [7, 11) is 0. The summed E-state index contributed by atoms with van der Waals surface area (Å²) >= 11 is 2.29. The lowest BCUT2D eigenvalue weighted by Gasteiger charge is -2.15. The van der Waals surface area contributed by atoms with Gasteiger partial charge in [-0.2, -0.15) is 0 Å². The second-order valence-corrected chi connectivity index (χ2v) is 5.91. The van der Waals surface area contributed by atoms with Gasteiger partial charge in [0.05, 0.1) is 5.52 Å². The summed E-state index contributed by atoms with van der Waals surface area (Å²) < 4.78 is 1.11. The van der Waals surface area contributed by atoms with Crippen molar-refractivity contribution in [1.29, 1.82) is 0 Å². The summed E-state index contributed by atoms with van der Waals surface area (Å²) in [5.74, 6) is 0. The van der Waals surface area contributed by atoms with Gasteiger partial charge in [0.25, 0.3) is 0 Å². The van der Waals surface area contributed by atoms with Crippen LogP contribution in [-0.2, 0) is 0 Å². The second-order valence-electron chi connectivity index (χ2n) is 4.84. The molecule has 0 bridgehead atoms. The Hall–Kier alpha value is -1.46. The van der Waals surface area contributed by atoms with Crippen LogP contribution in [0.2, 0.25) is 0 Å². The summed E-state index contributed by atoms with van der Waals surface area (Å²) in [5, 5.41) is 11.7. The smallest absolute Gasteiger partial charge is 0.105 e. The summed E-state index contributed by atoms with van der Waals surface area (Å²) in [5.41, 5.74) is 3.91. The van der Waals surface area contributed by atoms with Crippen LogP contribution in [0, 0.1) is 10.5 Å². The Morgan fingerprint density at radius 2 is 1.95 bits per heavy atom. The highest BCUT2D eigenvalue weighted by Gasteiger charge is 2.15. The molecule has 1 unspecified atom stereocenters. The molecule has 20 heavy (non-hydrogen) atoms. The predicted octanol–water partition coefficient (Wildman–Crippen LogP) is 4.23. The van der Waals surface area contributed by atoms with Crippen molar-refractivity contribution in [2.24, 2.45) is 0 Å². The van der Waals surface area contributed by atoms with E-state index in [1.165, 1.54) is 5.56 Å². The third-order valence-electron chi connectivity index (χ3n) is 3.46. The van der Waals surface area contributed by atoms with Crippen LogP contribution in [0.3, 0.4) is 0 Å². The Bertz CT molecular complexity index is 770. The lowest BCUT2D eigenvalue weighted by molar-refractivity contribution is 0.219. The van der Waals surface area contributed by atoms with Crippen LogP contribution in [0.5, 0.6) is 0 Å². The van der Waals surface area contributed by atoms with E-state index < -0.39 is 6.10 Å². The number of pyridine rings is 1. The second kappa shape index (κ2) is 5.50. The van der Waals surface area contributed by atoms with Gasteiger partial charge in [-0.15, -0.1) is 0 Å². The predicted molar refractivity (Wildman–Crippen MR) is 89.7 cm³/mol. The van der Waals surface area contributed by atoms with Crippen molar-refractivity contribution in [2.75, 3.05) is 0 Å². The zero-order valence-electron chi connectivity index (χ0n) is 11.0. The third kappa shape index (κ3) is 2.43. The molecule has 1 N–H and O–H groups in total. The molecule has 0 aliphatic carbocycles.